The summed E-state index contributed by atoms with van der Waals surface area (Å²) in [6.07, 6.45) is 1.49. The molecule has 0 aliphatic rings. The molecule has 0 unspecified atom stereocenters. The number of ether oxygens (including phenoxy) is 1. The van der Waals surface area contributed by atoms with E-state index in [9.17, 15) is 13.8 Å². The number of hydrogen-bond acceptors (Lipinski definition) is 4. The van der Waals surface area contributed by atoms with Crippen molar-refractivity contribution < 1.29 is 18.5 Å². The molecule has 25 heavy (non-hydrogen) atoms. The molecule has 6 heteroatoms. The summed E-state index contributed by atoms with van der Waals surface area (Å²) in [5.41, 5.74) is 1.34. The molecule has 0 aliphatic heterocycles. The molecule has 2 atom stereocenters. The van der Waals surface area contributed by atoms with E-state index in [1.165, 1.54) is 12.3 Å². The van der Waals surface area contributed by atoms with Gasteiger partial charge in [0.2, 0.25) is 0 Å². The minimum atomic E-state index is -1.31. The minimum Gasteiger partial charge on any atom is -0.452 e. The molecule has 132 valence electrons. The first-order chi connectivity index (χ1) is 12.0. The third-order valence-corrected chi connectivity index (χ3v) is 4.70. The molecule has 2 aromatic rings. The van der Waals surface area contributed by atoms with E-state index in [1.54, 1.807) is 18.2 Å². The lowest BCUT2D eigenvalue weighted by molar-refractivity contribution is -0.124. The zero-order valence-corrected chi connectivity index (χ0v) is 15.0. The molecule has 0 saturated heterocycles. The standard InChI is InChI=1S/C19H21NO4S/c1-14(15-8-4-3-5-9-15)12-20-18(21)13-24-19(22)16-10-6-7-11-17(16)25(2)23/h3-11,14H,12-13H2,1-2H3,(H,20,21)/t14-,25+/m0/s1. The monoisotopic (exact) mass is 359 g/mol. The summed E-state index contributed by atoms with van der Waals surface area (Å²) in [7, 11) is -1.31. The Morgan fingerprint density at radius 3 is 2.40 bits per heavy atom. The van der Waals surface area contributed by atoms with E-state index in [2.05, 4.69) is 5.32 Å². The zero-order valence-electron chi connectivity index (χ0n) is 14.2. The fourth-order valence-corrected chi connectivity index (χ4v) is 3.04. The molecule has 0 heterocycles. The first-order valence-corrected chi connectivity index (χ1v) is 9.46. The van der Waals surface area contributed by atoms with Gasteiger partial charge in [-0.2, -0.15) is 0 Å². The number of benzene rings is 2. The van der Waals surface area contributed by atoms with E-state index in [-0.39, 0.29) is 24.0 Å². The molecule has 0 bridgehead atoms. The summed E-state index contributed by atoms with van der Waals surface area (Å²) in [6, 6.07) is 16.3. The summed E-state index contributed by atoms with van der Waals surface area (Å²) in [5.74, 6) is -0.868. The van der Waals surface area contributed by atoms with Gasteiger partial charge < -0.3 is 10.1 Å². The summed E-state index contributed by atoms with van der Waals surface area (Å²) in [5, 5.41) is 2.75. The van der Waals surface area contributed by atoms with Crippen LogP contribution in [-0.4, -0.2) is 35.5 Å². The zero-order chi connectivity index (χ0) is 18.2. The third kappa shape index (κ3) is 5.53. The van der Waals surface area contributed by atoms with Gasteiger partial charge in [-0.15, -0.1) is 0 Å². The van der Waals surface area contributed by atoms with Crippen LogP contribution in [0.15, 0.2) is 59.5 Å². The van der Waals surface area contributed by atoms with Crippen LogP contribution in [0.25, 0.3) is 0 Å². The maximum Gasteiger partial charge on any atom is 0.339 e. The van der Waals surface area contributed by atoms with E-state index in [1.807, 2.05) is 37.3 Å². The van der Waals surface area contributed by atoms with Crippen molar-refractivity contribution in [2.75, 3.05) is 19.4 Å². The molecule has 1 N–H and O–H groups in total. The number of carbonyl (C=O) groups is 2. The Balaban J connectivity index is 1.84. The van der Waals surface area contributed by atoms with Gasteiger partial charge in [0.1, 0.15) is 0 Å². The number of carbonyl (C=O) groups excluding carboxylic acids is 2. The van der Waals surface area contributed by atoms with Crippen LogP contribution >= 0.6 is 0 Å². The topological polar surface area (TPSA) is 72.5 Å². The Hall–Kier alpha value is -2.47. The third-order valence-electron chi connectivity index (χ3n) is 3.73. The van der Waals surface area contributed by atoms with Crippen molar-refractivity contribution in [1.82, 2.24) is 5.32 Å². The lowest BCUT2D eigenvalue weighted by Gasteiger charge is -2.13. The van der Waals surface area contributed by atoms with Gasteiger partial charge in [0, 0.05) is 12.8 Å². The minimum absolute atomic E-state index is 0.157. The highest BCUT2D eigenvalue weighted by molar-refractivity contribution is 7.84. The molecular formula is C19H21NO4S. The molecule has 0 radical (unpaired) electrons. The van der Waals surface area contributed by atoms with Gasteiger partial charge >= 0.3 is 5.97 Å². The molecular weight excluding hydrogens is 338 g/mol. The van der Waals surface area contributed by atoms with Crippen molar-refractivity contribution in [2.24, 2.45) is 0 Å². The summed E-state index contributed by atoms with van der Waals surface area (Å²) >= 11 is 0. The second-order valence-electron chi connectivity index (χ2n) is 5.64. The fourth-order valence-electron chi connectivity index (χ4n) is 2.31. The van der Waals surface area contributed by atoms with Crippen molar-refractivity contribution in [2.45, 2.75) is 17.7 Å². The van der Waals surface area contributed by atoms with Gasteiger partial charge in [0.05, 0.1) is 21.3 Å². The van der Waals surface area contributed by atoms with E-state index < -0.39 is 16.8 Å². The fraction of sp³-hybridized carbons (Fsp3) is 0.263. The molecule has 0 aromatic heterocycles. The predicted octanol–water partition coefficient (Wildman–Crippen LogP) is 2.50. The van der Waals surface area contributed by atoms with Crippen molar-refractivity contribution in [3.63, 3.8) is 0 Å². The molecule has 0 fully saturated rings. The van der Waals surface area contributed by atoms with E-state index in [0.717, 1.165) is 5.56 Å². The van der Waals surface area contributed by atoms with Crippen LogP contribution in [0, 0.1) is 0 Å². The molecule has 2 aromatic carbocycles. The molecule has 5 nitrogen and oxygen atoms in total. The highest BCUT2D eigenvalue weighted by Gasteiger charge is 2.16. The van der Waals surface area contributed by atoms with Crippen LogP contribution in [0.1, 0.15) is 28.8 Å². The smallest absolute Gasteiger partial charge is 0.339 e. The predicted molar refractivity (Wildman–Crippen MR) is 96.9 cm³/mol. The molecule has 0 saturated carbocycles. The van der Waals surface area contributed by atoms with Crippen molar-refractivity contribution >= 4 is 22.7 Å². The average Bonchev–Trinajstić information content (AvgIpc) is 2.64. The number of hydrogen-bond donors (Lipinski definition) is 1. The van der Waals surface area contributed by atoms with Crippen LogP contribution in [0.2, 0.25) is 0 Å². The molecule has 0 aliphatic carbocycles. The maximum absolute atomic E-state index is 12.1. The van der Waals surface area contributed by atoms with Crippen LogP contribution < -0.4 is 5.32 Å². The Bertz CT molecular complexity index is 761. The lowest BCUT2D eigenvalue weighted by atomic mass is 10.0. The summed E-state index contributed by atoms with van der Waals surface area (Å²) < 4.78 is 16.7. The van der Waals surface area contributed by atoms with Crippen LogP contribution in [0.4, 0.5) is 0 Å². The Labute approximate surface area is 149 Å². The number of esters is 1. The van der Waals surface area contributed by atoms with Gasteiger partial charge in [-0.25, -0.2) is 4.79 Å². The number of nitrogens with one attached hydrogen (secondary N) is 1. The summed E-state index contributed by atoms with van der Waals surface area (Å²) in [4.78, 5) is 24.4. The Morgan fingerprint density at radius 2 is 1.72 bits per heavy atom. The van der Waals surface area contributed by atoms with Crippen molar-refractivity contribution in [3.8, 4) is 0 Å². The van der Waals surface area contributed by atoms with Gasteiger partial charge in [0.25, 0.3) is 5.91 Å². The Kier molecular flexibility index (Phi) is 6.89. The lowest BCUT2D eigenvalue weighted by Crippen LogP contribution is -2.31. The van der Waals surface area contributed by atoms with E-state index >= 15 is 0 Å². The summed E-state index contributed by atoms with van der Waals surface area (Å²) in [6.45, 7) is 2.09. The first-order valence-electron chi connectivity index (χ1n) is 7.90. The first kappa shape index (κ1) is 18.9. The van der Waals surface area contributed by atoms with Gasteiger partial charge in [-0.1, -0.05) is 49.4 Å². The molecule has 1 amide bonds. The molecule has 2 rings (SSSR count). The highest BCUT2D eigenvalue weighted by atomic mass is 32.2. The quantitative estimate of drug-likeness (QED) is 0.771. The number of amides is 1. The SMILES string of the molecule is C[C@@H](CNC(=O)COC(=O)c1ccccc1[S@@](C)=O)c1ccccc1. The number of rotatable bonds is 7. The normalized spacial score (nSPS) is 12.9. The van der Waals surface area contributed by atoms with Crippen LogP contribution in [0.3, 0.4) is 0 Å². The average molecular weight is 359 g/mol. The van der Waals surface area contributed by atoms with Gasteiger partial charge in [-0.05, 0) is 23.6 Å². The van der Waals surface area contributed by atoms with Gasteiger partial charge in [0.15, 0.2) is 6.61 Å². The second-order valence-corrected chi connectivity index (χ2v) is 6.99. The van der Waals surface area contributed by atoms with Crippen molar-refractivity contribution in [3.05, 3.63) is 65.7 Å². The maximum atomic E-state index is 12.1. The van der Waals surface area contributed by atoms with E-state index in [4.69, 9.17) is 4.74 Å². The van der Waals surface area contributed by atoms with Crippen LogP contribution in [0.5, 0.6) is 0 Å². The van der Waals surface area contributed by atoms with Crippen molar-refractivity contribution in [1.29, 1.82) is 0 Å². The van der Waals surface area contributed by atoms with Crippen LogP contribution in [-0.2, 0) is 20.3 Å². The second kappa shape index (κ2) is 9.13. The largest absolute Gasteiger partial charge is 0.452 e. The van der Waals surface area contributed by atoms with E-state index in [0.29, 0.717) is 11.4 Å². The highest BCUT2D eigenvalue weighted by Crippen LogP contribution is 2.14. The Morgan fingerprint density at radius 1 is 1.08 bits per heavy atom. The molecule has 0 spiro atoms. The van der Waals surface area contributed by atoms with Gasteiger partial charge in [-0.3, -0.25) is 9.00 Å².